The first-order chi connectivity index (χ1) is 14.8. The van der Waals surface area contributed by atoms with Crippen molar-refractivity contribution < 1.29 is 14.0 Å². The van der Waals surface area contributed by atoms with Gasteiger partial charge in [-0.15, -0.1) is 11.3 Å². The molecule has 4 N–H and O–H groups in total. The van der Waals surface area contributed by atoms with Gasteiger partial charge in [-0.05, 0) is 54.0 Å². The molecule has 1 heterocycles. The Morgan fingerprint density at radius 1 is 1.13 bits per heavy atom. The van der Waals surface area contributed by atoms with Crippen molar-refractivity contribution in [3.8, 4) is 0 Å². The molecule has 31 heavy (non-hydrogen) atoms. The van der Waals surface area contributed by atoms with Crippen LogP contribution in [-0.4, -0.2) is 16.9 Å². The number of amides is 2. The Hall–Kier alpha value is -3.36. The molecule has 0 radical (unpaired) electrons. The van der Waals surface area contributed by atoms with Crippen LogP contribution >= 0.6 is 23.6 Å². The minimum atomic E-state index is -0.569. The Morgan fingerprint density at radius 3 is 2.45 bits per heavy atom. The monoisotopic (exact) mass is 453 g/mol. The second-order valence-electron chi connectivity index (χ2n) is 6.71. The summed E-state index contributed by atoms with van der Waals surface area (Å²) < 4.78 is 12.9. The molecule has 0 bridgehead atoms. The number of rotatable bonds is 6. The second kappa shape index (κ2) is 10.1. The van der Waals surface area contributed by atoms with E-state index in [1.165, 1.54) is 29.5 Å². The molecular weight excluding hydrogens is 433 g/mol. The van der Waals surface area contributed by atoms with Gasteiger partial charge in [0, 0.05) is 17.4 Å². The fourth-order valence-electron chi connectivity index (χ4n) is 2.93. The molecule has 0 aliphatic carbocycles. The van der Waals surface area contributed by atoms with Gasteiger partial charge in [-0.25, -0.2) is 4.39 Å². The number of carbonyl (C=O) groups is 2. The van der Waals surface area contributed by atoms with Gasteiger partial charge in [-0.2, -0.15) is 0 Å². The van der Waals surface area contributed by atoms with Crippen molar-refractivity contribution in [2.24, 2.45) is 5.73 Å². The molecular formula is C23H20FN3O2S2. The number of nitrogens with one attached hydrogen (secondary N) is 2. The molecule has 0 fully saturated rings. The lowest BCUT2D eigenvalue weighted by Gasteiger charge is -2.07. The zero-order valence-electron chi connectivity index (χ0n) is 16.6. The summed E-state index contributed by atoms with van der Waals surface area (Å²) in [6.07, 6.45) is 3.48. The van der Waals surface area contributed by atoms with E-state index in [1.807, 2.05) is 37.3 Å². The number of hydrogen-bond acceptors (Lipinski definition) is 4. The standard InChI is InChI=1S/C23H20FN3O2S2/c1-14-18(13-16-5-3-2-4-6-16)31-22(20(14)21(25)29)27-23(30)26-19(28)12-9-15-7-10-17(24)11-8-15/h2-12H,13H2,1H3,(H2,25,29)(H2,26,27,28,30). The van der Waals surface area contributed by atoms with Crippen LogP contribution in [0.4, 0.5) is 9.39 Å². The molecule has 0 saturated carbocycles. The number of hydrogen-bond donors (Lipinski definition) is 3. The second-order valence-corrected chi connectivity index (χ2v) is 8.22. The Balaban J connectivity index is 1.69. The molecule has 0 spiro atoms. The lowest BCUT2D eigenvalue weighted by atomic mass is 10.1. The number of anilines is 1. The number of thiophene rings is 1. The molecule has 2 amide bonds. The molecule has 8 heteroatoms. The van der Waals surface area contributed by atoms with Gasteiger partial charge in [-0.3, -0.25) is 14.9 Å². The Labute approximate surface area is 188 Å². The van der Waals surface area contributed by atoms with E-state index in [9.17, 15) is 14.0 Å². The van der Waals surface area contributed by atoms with Crippen LogP contribution < -0.4 is 16.4 Å². The quantitative estimate of drug-likeness (QED) is 0.381. The van der Waals surface area contributed by atoms with E-state index in [-0.39, 0.29) is 10.9 Å². The number of carbonyl (C=O) groups excluding carboxylic acids is 2. The van der Waals surface area contributed by atoms with E-state index in [0.29, 0.717) is 22.5 Å². The van der Waals surface area contributed by atoms with Gasteiger partial charge in [0.2, 0.25) is 5.91 Å². The highest BCUT2D eigenvalue weighted by Gasteiger charge is 2.20. The molecule has 0 aliphatic rings. The molecule has 1 aromatic heterocycles. The average Bonchev–Trinajstić information content (AvgIpc) is 3.03. The Bertz CT molecular complexity index is 1140. The highest BCUT2D eigenvalue weighted by Crippen LogP contribution is 2.34. The van der Waals surface area contributed by atoms with Crippen LogP contribution in [0, 0.1) is 12.7 Å². The topological polar surface area (TPSA) is 84.2 Å². The fourth-order valence-corrected chi connectivity index (χ4v) is 4.45. The third-order valence-corrected chi connectivity index (χ3v) is 5.87. The highest BCUT2D eigenvalue weighted by molar-refractivity contribution is 7.80. The maximum absolute atomic E-state index is 12.9. The highest BCUT2D eigenvalue weighted by atomic mass is 32.1. The SMILES string of the molecule is Cc1c(Cc2ccccc2)sc(NC(=S)NC(=O)C=Cc2ccc(F)cc2)c1C(N)=O. The van der Waals surface area contributed by atoms with Gasteiger partial charge in [-0.1, -0.05) is 42.5 Å². The minimum Gasteiger partial charge on any atom is -0.365 e. The van der Waals surface area contributed by atoms with Crippen molar-refractivity contribution in [3.05, 3.63) is 93.6 Å². The fraction of sp³-hybridized carbons (Fsp3) is 0.0870. The van der Waals surface area contributed by atoms with E-state index in [2.05, 4.69) is 10.6 Å². The van der Waals surface area contributed by atoms with Gasteiger partial charge in [0.1, 0.15) is 10.8 Å². The summed E-state index contributed by atoms with van der Waals surface area (Å²) in [5.41, 5.74) is 8.50. The Morgan fingerprint density at radius 2 is 1.81 bits per heavy atom. The number of nitrogens with two attached hydrogens (primary N) is 1. The summed E-state index contributed by atoms with van der Waals surface area (Å²) in [4.78, 5) is 25.1. The third-order valence-electron chi connectivity index (χ3n) is 4.46. The van der Waals surface area contributed by atoms with Crippen molar-refractivity contribution >= 4 is 51.6 Å². The summed E-state index contributed by atoms with van der Waals surface area (Å²) in [6, 6.07) is 15.6. The third kappa shape index (κ3) is 6.07. The van der Waals surface area contributed by atoms with Gasteiger partial charge in [0.05, 0.1) is 5.56 Å². The molecule has 3 rings (SSSR count). The van der Waals surface area contributed by atoms with Crippen LogP contribution in [-0.2, 0) is 11.2 Å². The summed E-state index contributed by atoms with van der Waals surface area (Å²) in [7, 11) is 0. The van der Waals surface area contributed by atoms with Crippen LogP contribution in [0.3, 0.4) is 0 Å². The van der Waals surface area contributed by atoms with Gasteiger partial charge in [0.15, 0.2) is 5.11 Å². The number of halogens is 1. The molecule has 3 aromatic rings. The molecule has 0 saturated heterocycles. The van der Waals surface area contributed by atoms with E-state index in [0.717, 1.165) is 16.0 Å². The van der Waals surface area contributed by atoms with Crippen molar-refractivity contribution in [2.45, 2.75) is 13.3 Å². The normalized spacial score (nSPS) is 10.8. The summed E-state index contributed by atoms with van der Waals surface area (Å²) >= 11 is 6.59. The number of thiocarbonyl (C=S) groups is 1. The van der Waals surface area contributed by atoms with Crippen LogP contribution in [0.15, 0.2) is 60.7 Å². The zero-order valence-corrected chi connectivity index (χ0v) is 18.3. The van der Waals surface area contributed by atoms with Crippen LogP contribution in [0.2, 0.25) is 0 Å². The lowest BCUT2D eigenvalue weighted by molar-refractivity contribution is -0.115. The molecule has 0 aliphatic heterocycles. The lowest BCUT2D eigenvalue weighted by Crippen LogP contribution is -2.33. The maximum atomic E-state index is 12.9. The van der Waals surface area contributed by atoms with Crippen molar-refractivity contribution in [1.82, 2.24) is 5.32 Å². The van der Waals surface area contributed by atoms with E-state index in [1.54, 1.807) is 18.2 Å². The van der Waals surface area contributed by atoms with Crippen LogP contribution in [0.5, 0.6) is 0 Å². The predicted molar refractivity (Wildman–Crippen MR) is 127 cm³/mol. The summed E-state index contributed by atoms with van der Waals surface area (Å²) in [5.74, 6) is -1.38. The smallest absolute Gasteiger partial charge is 0.251 e. The molecule has 0 unspecified atom stereocenters. The first-order valence-electron chi connectivity index (χ1n) is 9.35. The van der Waals surface area contributed by atoms with Crippen LogP contribution in [0.25, 0.3) is 6.08 Å². The summed E-state index contributed by atoms with van der Waals surface area (Å²) in [5, 5.41) is 5.97. The van der Waals surface area contributed by atoms with Gasteiger partial charge >= 0.3 is 0 Å². The Kier molecular flexibility index (Phi) is 7.28. The predicted octanol–water partition coefficient (Wildman–Crippen LogP) is 4.41. The summed E-state index contributed by atoms with van der Waals surface area (Å²) in [6.45, 7) is 1.84. The molecule has 0 atom stereocenters. The molecule has 5 nitrogen and oxygen atoms in total. The first-order valence-corrected chi connectivity index (χ1v) is 10.6. The zero-order chi connectivity index (χ0) is 22.4. The first kappa shape index (κ1) is 22.3. The molecule has 2 aromatic carbocycles. The van der Waals surface area contributed by atoms with Gasteiger partial charge in [0.25, 0.3) is 5.91 Å². The number of primary amides is 1. The van der Waals surface area contributed by atoms with E-state index >= 15 is 0 Å². The van der Waals surface area contributed by atoms with E-state index in [4.69, 9.17) is 18.0 Å². The van der Waals surface area contributed by atoms with Crippen molar-refractivity contribution in [3.63, 3.8) is 0 Å². The van der Waals surface area contributed by atoms with E-state index < -0.39 is 11.8 Å². The maximum Gasteiger partial charge on any atom is 0.251 e. The molecule has 158 valence electrons. The van der Waals surface area contributed by atoms with Crippen molar-refractivity contribution in [2.75, 3.05) is 5.32 Å². The van der Waals surface area contributed by atoms with Crippen LogP contribution in [0.1, 0.15) is 31.9 Å². The largest absolute Gasteiger partial charge is 0.365 e. The van der Waals surface area contributed by atoms with Crippen molar-refractivity contribution in [1.29, 1.82) is 0 Å². The number of benzene rings is 2. The van der Waals surface area contributed by atoms with Gasteiger partial charge < -0.3 is 11.1 Å². The minimum absolute atomic E-state index is 0.0452. The average molecular weight is 454 g/mol.